The summed E-state index contributed by atoms with van der Waals surface area (Å²) in [5, 5.41) is 8.57. The molecule has 8 heteroatoms. The van der Waals surface area contributed by atoms with Gasteiger partial charge in [0, 0.05) is 11.4 Å². The van der Waals surface area contributed by atoms with E-state index in [1.807, 2.05) is 31.2 Å². The van der Waals surface area contributed by atoms with E-state index in [1.54, 1.807) is 16.4 Å². The van der Waals surface area contributed by atoms with Crippen molar-refractivity contribution in [2.75, 3.05) is 18.2 Å². The van der Waals surface area contributed by atoms with Crippen LogP contribution < -0.4 is 10.1 Å². The molecule has 7 nitrogen and oxygen atoms in total. The molecule has 0 amide bonds. The zero-order valence-corrected chi connectivity index (χ0v) is 20.1. The topological polar surface area (TPSA) is 78.3 Å². The highest BCUT2D eigenvalue weighted by Crippen LogP contribution is 2.37. The number of aromatic nitrogens is 3. The number of rotatable bonds is 8. The number of ether oxygens (including phenoxy) is 2. The van der Waals surface area contributed by atoms with Crippen LogP contribution >= 0.6 is 11.8 Å². The molecule has 0 fully saturated rings. The van der Waals surface area contributed by atoms with Gasteiger partial charge in [-0.3, -0.25) is 0 Å². The van der Waals surface area contributed by atoms with Gasteiger partial charge in [-0.05, 0) is 43.5 Å². The summed E-state index contributed by atoms with van der Waals surface area (Å²) in [6.45, 7) is 6.53. The van der Waals surface area contributed by atoms with Gasteiger partial charge in [-0.25, -0.2) is 9.48 Å². The minimum absolute atomic E-state index is 0.395. The van der Waals surface area contributed by atoms with Gasteiger partial charge in [-0.2, -0.15) is 4.98 Å². The number of benzene rings is 2. The van der Waals surface area contributed by atoms with Gasteiger partial charge in [0.1, 0.15) is 18.4 Å². The molecule has 0 saturated carbocycles. The predicted octanol–water partition coefficient (Wildman–Crippen LogP) is 5.13. The number of allylic oxidation sites excluding steroid dienone is 1. The van der Waals surface area contributed by atoms with Gasteiger partial charge < -0.3 is 14.8 Å². The Labute approximate surface area is 198 Å². The summed E-state index contributed by atoms with van der Waals surface area (Å²) in [5.41, 5.74) is 4.45. The van der Waals surface area contributed by atoms with Crippen LogP contribution in [0.2, 0.25) is 0 Å². The van der Waals surface area contributed by atoms with E-state index in [1.165, 1.54) is 12.7 Å². The molecule has 0 spiro atoms. The normalized spacial score (nSPS) is 15.1. The van der Waals surface area contributed by atoms with Crippen molar-refractivity contribution in [1.29, 1.82) is 0 Å². The molecule has 0 radical (unpaired) electrons. The molecule has 172 valence electrons. The van der Waals surface area contributed by atoms with Crippen LogP contribution in [0.3, 0.4) is 0 Å². The van der Waals surface area contributed by atoms with Crippen molar-refractivity contribution >= 4 is 23.7 Å². The van der Waals surface area contributed by atoms with E-state index >= 15 is 0 Å². The fourth-order valence-corrected chi connectivity index (χ4v) is 4.35. The van der Waals surface area contributed by atoms with E-state index in [0.717, 1.165) is 29.1 Å². The van der Waals surface area contributed by atoms with Gasteiger partial charge in [0.15, 0.2) is 0 Å². The van der Waals surface area contributed by atoms with E-state index < -0.39 is 12.0 Å². The van der Waals surface area contributed by atoms with Gasteiger partial charge >= 0.3 is 5.97 Å². The van der Waals surface area contributed by atoms with Crippen molar-refractivity contribution in [2.24, 2.45) is 0 Å². The van der Waals surface area contributed by atoms with Crippen LogP contribution in [0, 0.1) is 6.92 Å². The Bertz CT molecular complexity index is 1150. The van der Waals surface area contributed by atoms with Crippen molar-refractivity contribution in [2.45, 2.75) is 45.0 Å². The lowest BCUT2D eigenvalue weighted by molar-refractivity contribution is -0.136. The number of hydrogen-bond acceptors (Lipinski definition) is 7. The van der Waals surface area contributed by atoms with Crippen molar-refractivity contribution in [1.82, 2.24) is 14.8 Å². The molecule has 1 aliphatic heterocycles. The highest BCUT2D eigenvalue weighted by atomic mass is 32.2. The van der Waals surface area contributed by atoms with Gasteiger partial charge in [-0.1, -0.05) is 60.6 Å². The lowest BCUT2D eigenvalue weighted by atomic mass is 9.96. The van der Waals surface area contributed by atoms with Crippen LogP contribution in [0.15, 0.2) is 65.0 Å². The van der Waals surface area contributed by atoms with Crippen molar-refractivity contribution in [3.8, 4) is 5.75 Å². The lowest BCUT2D eigenvalue weighted by Crippen LogP contribution is -2.29. The fraction of sp³-hybridized carbons (Fsp3) is 0.320. The van der Waals surface area contributed by atoms with Gasteiger partial charge in [0.25, 0.3) is 0 Å². The first-order chi connectivity index (χ1) is 16.0. The number of esters is 1. The average molecular weight is 465 g/mol. The fourth-order valence-electron chi connectivity index (χ4n) is 3.67. The largest absolute Gasteiger partial charge is 0.489 e. The second-order valence-electron chi connectivity index (χ2n) is 7.91. The number of carbonyl (C=O) groups is 1. The first kappa shape index (κ1) is 22.9. The van der Waals surface area contributed by atoms with E-state index in [-0.39, 0.29) is 0 Å². The Morgan fingerprint density at radius 2 is 1.85 bits per heavy atom. The van der Waals surface area contributed by atoms with Crippen LogP contribution in [0.25, 0.3) is 0 Å². The highest BCUT2D eigenvalue weighted by Gasteiger charge is 2.35. The quantitative estimate of drug-likeness (QED) is 0.366. The van der Waals surface area contributed by atoms with E-state index in [2.05, 4.69) is 53.5 Å². The molecule has 1 aromatic heterocycles. The maximum Gasteiger partial charge on any atom is 0.338 e. The summed E-state index contributed by atoms with van der Waals surface area (Å²) < 4.78 is 12.8. The first-order valence-corrected chi connectivity index (χ1v) is 11.9. The highest BCUT2D eigenvalue weighted by molar-refractivity contribution is 7.99. The number of carbonyl (C=O) groups excluding carboxylic acids is 1. The van der Waals surface area contributed by atoms with Gasteiger partial charge in [0.2, 0.25) is 11.1 Å². The molecule has 0 saturated heterocycles. The second kappa shape index (κ2) is 10.1. The smallest absolute Gasteiger partial charge is 0.338 e. The number of anilines is 1. The third-order valence-electron chi connectivity index (χ3n) is 5.40. The number of nitrogens with one attached hydrogen (secondary N) is 1. The number of nitrogens with zero attached hydrogens (tertiary/aromatic N) is 3. The number of thioether (sulfide) groups is 1. The molecule has 1 atom stereocenters. The molecule has 1 unspecified atom stereocenters. The van der Waals surface area contributed by atoms with Crippen molar-refractivity contribution in [3.63, 3.8) is 0 Å². The molecule has 33 heavy (non-hydrogen) atoms. The minimum atomic E-state index is -0.441. The average Bonchev–Trinajstić information content (AvgIpc) is 3.23. The maximum atomic E-state index is 12.7. The summed E-state index contributed by atoms with van der Waals surface area (Å²) in [6, 6.07) is 15.6. The Hall–Kier alpha value is -3.26. The number of methoxy groups -OCH3 is 1. The Morgan fingerprint density at radius 3 is 2.52 bits per heavy atom. The Morgan fingerprint density at radius 1 is 1.12 bits per heavy atom. The zero-order chi connectivity index (χ0) is 23.4. The van der Waals surface area contributed by atoms with Gasteiger partial charge in [-0.15, -0.1) is 5.10 Å². The van der Waals surface area contributed by atoms with Crippen LogP contribution in [0.5, 0.6) is 5.75 Å². The molecular weight excluding hydrogens is 436 g/mol. The molecule has 2 heterocycles. The summed E-state index contributed by atoms with van der Waals surface area (Å²) >= 11 is 1.60. The number of hydrogen-bond donors (Lipinski definition) is 1. The molecule has 0 aliphatic carbocycles. The maximum absolute atomic E-state index is 12.7. The SMILES string of the molecule is CCCSc1nc2n(n1)C(c1ccc(OCc3ccc(C)cc3)cc1)C(C(=O)OC)=C(C)N2. The van der Waals surface area contributed by atoms with E-state index in [4.69, 9.17) is 9.47 Å². The predicted molar refractivity (Wildman–Crippen MR) is 129 cm³/mol. The van der Waals surface area contributed by atoms with Crippen LogP contribution in [-0.4, -0.2) is 33.6 Å². The Kier molecular flexibility index (Phi) is 7.03. The lowest BCUT2D eigenvalue weighted by Gasteiger charge is -2.27. The standard InChI is InChI=1S/C25H28N4O3S/c1-5-14-33-25-27-24-26-17(3)21(23(30)31-4)22(29(24)28-25)19-10-12-20(13-11-19)32-15-18-8-6-16(2)7-9-18/h6-13,22H,5,14-15H2,1-4H3,(H,26,27,28). The van der Waals surface area contributed by atoms with E-state index in [0.29, 0.717) is 29.0 Å². The van der Waals surface area contributed by atoms with Crippen LogP contribution in [-0.2, 0) is 16.1 Å². The zero-order valence-electron chi connectivity index (χ0n) is 19.3. The minimum Gasteiger partial charge on any atom is -0.489 e. The molecule has 1 aliphatic rings. The third kappa shape index (κ3) is 5.06. The summed E-state index contributed by atoms with van der Waals surface area (Å²) in [7, 11) is 1.39. The molecule has 1 N–H and O–H groups in total. The molecule has 4 rings (SSSR count). The molecule has 3 aromatic rings. The molecular formula is C25H28N4O3S. The second-order valence-corrected chi connectivity index (χ2v) is 8.97. The molecule has 2 aromatic carbocycles. The monoisotopic (exact) mass is 464 g/mol. The van der Waals surface area contributed by atoms with Gasteiger partial charge in [0.05, 0.1) is 12.7 Å². The van der Waals surface area contributed by atoms with Crippen LogP contribution in [0.1, 0.15) is 43.0 Å². The van der Waals surface area contributed by atoms with Crippen molar-refractivity contribution < 1.29 is 14.3 Å². The third-order valence-corrected chi connectivity index (χ3v) is 6.44. The summed E-state index contributed by atoms with van der Waals surface area (Å²) in [6.07, 6.45) is 1.03. The summed E-state index contributed by atoms with van der Waals surface area (Å²) in [5.74, 6) is 1.90. The van der Waals surface area contributed by atoms with Crippen LogP contribution in [0.4, 0.5) is 5.95 Å². The number of aryl methyl sites for hydroxylation is 1. The Balaban J connectivity index is 1.61. The molecule has 0 bridgehead atoms. The van der Waals surface area contributed by atoms with E-state index in [9.17, 15) is 4.79 Å². The number of fused-ring (bicyclic) bond motifs is 1. The van der Waals surface area contributed by atoms with Crippen molar-refractivity contribution in [3.05, 3.63) is 76.5 Å². The first-order valence-electron chi connectivity index (χ1n) is 10.9. The summed E-state index contributed by atoms with van der Waals surface area (Å²) in [4.78, 5) is 17.3.